The van der Waals surface area contributed by atoms with Gasteiger partial charge in [0.15, 0.2) is 0 Å². The predicted octanol–water partition coefficient (Wildman–Crippen LogP) is 15.5. The van der Waals surface area contributed by atoms with Gasteiger partial charge in [0.05, 0.1) is 12.2 Å². The Kier molecular flexibility index (Phi) is 42.0. The standard InChI is InChI=1S/C51H103NO4/c1-6-10-13-15-17-23-33-42-51(5,55)43-34-24-18-19-25-35-44-52(46-47-53)45-36-26-20-22-32-41-50(54)56-49(39-30-21-16-14-11-7-2)40-31-27-29-38-48(9-4)37-28-12-8-3/h48-49,53,55H,6-47H2,1-5H3. The fraction of sp³-hybridized carbons (Fsp3) is 0.980. The highest BCUT2D eigenvalue weighted by Gasteiger charge is 2.19. The number of aliphatic hydroxyl groups excluding tert-OH is 1. The van der Waals surface area contributed by atoms with E-state index in [0.717, 1.165) is 70.5 Å². The van der Waals surface area contributed by atoms with Crippen LogP contribution in [0.4, 0.5) is 0 Å². The molecule has 3 atom stereocenters. The molecule has 3 unspecified atom stereocenters. The van der Waals surface area contributed by atoms with Crippen LogP contribution >= 0.6 is 0 Å². The molecule has 0 spiro atoms. The molecule has 0 radical (unpaired) electrons. The molecule has 0 aliphatic carbocycles. The summed E-state index contributed by atoms with van der Waals surface area (Å²) in [5, 5.41) is 20.4. The predicted molar refractivity (Wildman–Crippen MR) is 246 cm³/mol. The Hall–Kier alpha value is -0.650. The fourth-order valence-corrected chi connectivity index (χ4v) is 8.62. The number of unbranched alkanes of at least 4 members (excludes halogenated alkanes) is 24. The highest BCUT2D eigenvalue weighted by Crippen LogP contribution is 2.24. The number of rotatable bonds is 46. The van der Waals surface area contributed by atoms with Gasteiger partial charge in [0, 0.05) is 13.0 Å². The van der Waals surface area contributed by atoms with Gasteiger partial charge in [0.2, 0.25) is 0 Å². The lowest BCUT2D eigenvalue weighted by molar-refractivity contribution is -0.150. The Balaban J connectivity index is 4.14. The Morgan fingerprint density at radius 3 is 1.36 bits per heavy atom. The first-order valence-corrected chi connectivity index (χ1v) is 25.6. The third-order valence-electron chi connectivity index (χ3n) is 12.6. The van der Waals surface area contributed by atoms with Crippen molar-refractivity contribution in [2.24, 2.45) is 5.92 Å². The van der Waals surface area contributed by atoms with Crippen LogP contribution in [0.2, 0.25) is 0 Å². The third kappa shape index (κ3) is 38.8. The molecular formula is C51H103NO4. The SMILES string of the molecule is CCCCCCCCCC(C)(O)CCCCCCCCN(CCO)CCCCCCCC(=O)OC(CCCCCCCC)CCCCCC(CC)CCCCC. The first-order valence-electron chi connectivity index (χ1n) is 25.6. The van der Waals surface area contributed by atoms with Crippen molar-refractivity contribution in [3.8, 4) is 0 Å². The fourth-order valence-electron chi connectivity index (χ4n) is 8.62. The number of hydrogen-bond acceptors (Lipinski definition) is 5. The molecular weight excluding hydrogens is 691 g/mol. The minimum atomic E-state index is -0.485. The van der Waals surface area contributed by atoms with Gasteiger partial charge in [-0.25, -0.2) is 0 Å². The Morgan fingerprint density at radius 2 is 0.875 bits per heavy atom. The van der Waals surface area contributed by atoms with E-state index in [-0.39, 0.29) is 18.7 Å². The zero-order valence-electron chi connectivity index (χ0n) is 39.0. The zero-order chi connectivity index (χ0) is 41.2. The van der Waals surface area contributed by atoms with Crippen LogP contribution in [0.1, 0.15) is 279 Å². The first-order chi connectivity index (χ1) is 27.3. The topological polar surface area (TPSA) is 70.0 Å². The molecule has 2 N–H and O–H groups in total. The molecule has 0 amide bonds. The van der Waals surface area contributed by atoms with Crippen LogP contribution in [0.25, 0.3) is 0 Å². The molecule has 0 rings (SSSR count). The van der Waals surface area contributed by atoms with Gasteiger partial charge in [0.25, 0.3) is 0 Å². The van der Waals surface area contributed by atoms with E-state index in [0.29, 0.717) is 6.42 Å². The van der Waals surface area contributed by atoms with Crippen molar-refractivity contribution in [1.82, 2.24) is 4.90 Å². The van der Waals surface area contributed by atoms with Crippen LogP contribution in [0, 0.1) is 5.92 Å². The van der Waals surface area contributed by atoms with Gasteiger partial charge in [-0.15, -0.1) is 0 Å². The highest BCUT2D eigenvalue weighted by atomic mass is 16.5. The lowest BCUT2D eigenvalue weighted by Crippen LogP contribution is -2.29. The average Bonchev–Trinajstić information content (AvgIpc) is 3.18. The number of carbonyl (C=O) groups excluding carboxylic acids is 1. The Morgan fingerprint density at radius 1 is 0.500 bits per heavy atom. The summed E-state index contributed by atoms with van der Waals surface area (Å²) in [5.74, 6) is 0.927. The monoisotopic (exact) mass is 794 g/mol. The van der Waals surface area contributed by atoms with Crippen LogP contribution in [0.5, 0.6) is 0 Å². The molecule has 336 valence electrons. The summed E-state index contributed by atoms with van der Waals surface area (Å²) in [6, 6.07) is 0. The van der Waals surface area contributed by atoms with Crippen molar-refractivity contribution in [1.29, 1.82) is 0 Å². The number of nitrogens with zero attached hydrogens (tertiary/aromatic N) is 1. The van der Waals surface area contributed by atoms with Gasteiger partial charge in [-0.2, -0.15) is 0 Å². The third-order valence-corrected chi connectivity index (χ3v) is 12.6. The Bertz CT molecular complexity index is 788. The number of esters is 1. The van der Waals surface area contributed by atoms with Gasteiger partial charge in [-0.05, 0) is 83.7 Å². The molecule has 0 aliphatic heterocycles. The summed E-state index contributed by atoms with van der Waals surface area (Å²) in [6.45, 7) is 14.4. The average molecular weight is 794 g/mol. The van der Waals surface area contributed by atoms with Gasteiger partial charge in [-0.1, -0.05) is 207 Å². The van der Waals surface area contributed by atoms with Crippen LogP contribution in [-0.2, 0) is 9.53 Å². The lowest BCUT2D eigenvalue weighted by Gasteiger charge is -2.23. The molecule has 0 saturated heterocycles. The second kappa shape index (κ2) is 42.5. The summed E-state index contributed by atoms with van der Waals surface area (Å²) < 4.78 is 6.11. The van der Waals surface area contributed by atoms with Crippen molar-refractivity contribution in [2.45, 2.75) is 290 Å². The minimum absolute atomic E-state index is 0.0303. The largest absolute Gasteiger partial charge is 0.462 e. The second-order valence-electron chi connectivity index (χ2n) is 18.4. The van der Waals surface area contributed by atoms with E-state index in [1.54, 1.807) is 0 Å². The number of hydrogen-bond donors (Lipinski definition) is 2. The van der Waals surface area contributed by atoms with Gasteiger partial charge in [-0.3, -0.25) is 4.79 Å². The molecule has 0 aliphatic rings. The van der Waals surface area contributed by atoms with E-state index in [2.05, 4.69) is 32.6 Å². The summed E-state index contributed by atoms with van der Waals surface area (Å²) in [5.41, 5.74) is -0.485. The maximum atomic E-state index is 12.9. The number of aliphatic hydroxyl groups is 2. The molecule has 0 aromatic heterocycles. The normalized spacial score (nSPS) is 14.0. The zero-order valence-corrected chi connectivity index (χ0v) is 39.0. The van der Waals surface area contributed by atoms with E-state index in [9.17, 15) is 15.0 Å². The van der Waals surface area contributed by atoms with Crippen molar-refractivity contribution in [3.05, 3.63) is 0 Å². The van der Waals surface area contributed by atoms with Crippen molar-refractivity contribution < 1.29 is 19.7 Å². The van der Waals surface area contributed by atoms with Crippen LogP contribution in [-0.4, -0.2) is 59.0 Å². The molecule has 5 nitrogen and oxygen atoms in total. The van der Waals surface area contributed by atoms with E-state index in [4.69, 9.17) is 4.74 Å². The van der Waals surface area contributed by atoms with Crippen molar-refractivity contribution in [2.75, 3.05) is 26.2 Å². The summed E-state index contributed by atoms with van der Waals surface area (Å²) in [4.78, 5) is 15.3. The van der Waals surface area contributed by atoms with E-state index < -0.39 is 5.60 Å². The van der Waals surface area contributed by atoms with Crippen molar-refractivity contribution in [3.63, 3.8) is 0 Å². The number of carbonyl (C=O) groups is 1. The first kappa shape index (κ1) is 55.4. The smallest absolute Gasteiger partial charge is 0.306 e. The van der Waals surface area contributed by atoms with E-state index in [1.807, 2.05) is 6.92 Å². The van der Waals surface area contributed by atoms with Crippen LogP contribution < -0.4 is 0 Å². The maximum Gasteiger partial charge on any atom is 0.306 e. The molecule has 0 fully saturated rings. The van der Waals surface area contributed by atoms with E-state index >= 15 is 0 Å². The lowest BCUT2D eigenvalue weighted by atomic mass is 9.91. The minimum Gasteiger partial charge on any atom is -0.462 e. The summed E-state index contributed by atoms with van der Waals surface area (Å²) >= 11 is 0. The van der Waals surface area contributed by atoms with Crippen LogP contribution in [0.3, 0.4) is 0 Å². The molecule has 0 bridgehead atoms. The molecule has 56 heavy (non-hydrogen) atoms. The molecule has 0 heterocycles. The Labute approximate surface area is 352 Å². The molecule has 0 aromatic rings. The highest BCUT2D eigenvalue weighted by molar-refractivity contribution is 5.69. The summed E-state index contributed by atoms with van der Waals surface area (Å²) in [6.07, 6.45) is 46.4. The van der Waals surface area contributed by atoms with Gasteiger partial charge >= 0.3 is 5.97 Å². The summed E-state index contributed by atoms with van der Waals surface area (Å²) in [7, 11) is 0. The maximum absolute atomic E-state index is 12.9. The second-order valence-corrected chi connectivity index (χ2v) is 18.4. The van der Waals surface area contributed by atoms with E-state index in [1.165, 1.54) is 193 Å². The van der Waals surface area contributed by atoms with Gasteiger partial charge < -0.3 is 19.8 Å². The number of ether oxygens (including phenoxy) is 1. The molecule has 0 saturated carbocycles. The molecule has 0 aromatic carbocycles. The quantitative estimate of drug-likeness (QED) is 0.0474. The van der Waals surface area contributed by atoms with Crippen molar-refractivity contribution >= 4 is 5.97 Å². The van der Waals surface area contributed by atoms with Crippen LogP contribution in [0.15, 0.2) is 0 Å². The van der Waals surface area contributed by atoms with Gasteiger partial charge in [0.1, 0.15) is 6.10 Å². The molecule has 5 heteroatoms.